The van der Waals surface area contributed by atoms with Crippen molar-refractivity contribution in [3.63, 3.8) is 0 Å². The lowest BCUT2D eigenvalue weighted by Gasteiger charge is -2.01. The molecule has 0 aliphatic carbocycles. The Balaban J connectivity index is 2.05. The van der Waals surface area contributed by atoms with Crippen LogP contribution in [0.15, 0.2) is 59.2 Å². The summed E-state index contributed by atoms with van der Waals surface area (Å²) in [5, 5.41) is 4.43. The van der Waals surface area contributed by atoms with E-state index >= 15 is 0 Å². The summed E-state index contributed by atoms with van der Waals surface area (Å²) in [6.45, 7) is 0. The molecular formula is C15H11BrFN3. The number of rotatable bonds is 2. The summed E-state index contributed by atoms with van der Waals surface area (Å²) >= 11 is 3.39. The molecule has 0 spiro atoms. The van der Waals surface area contributed by atoms with Gasteiger partial charge in [0.1, 0.15) is 11.5 Å². The van der Waals surface area contributed by atoms with E-state index in [1.807, 2.05) is 24.3 Å². The Morgan fingerprint density at radius 1 is 1.10 bits per heavy atom. The molecule has 2 aromatic carbocycles. The number of anilines is 1. The zero-order valence-corrected chi connectivity index (χ0v) is 12.0. The molecule has 0 aliphatic rings. The van der Waals surface area contributed by atoms with Crippen molar-refractivity contribution in [3.05, 3.63) is 65.0 Å². The van der Waals surface area contributed by atoms with Gasteiger partial charge in [-0.3, -0.25) is 0 Å². The van der Waals surface area contributed by atoms with Gasteiger partial charge in [0.15, 0.2) is 0 Å². The van der Waals surface area contributed by atoms with Crippen molar-refractivity contribution >= 4 is 21.6 Å². The Bertz CT molecular complexity index is 750. The van der Waals surface area contributed by atoms with E-state index in [2.05, 4.69) is 21.0 Å². The summed E-state index contributed by atoms with van der Waals surface area (Å²) < 4.78 is 15.8. The zero-order valence-electron chi connectivity index (χ0n) is 10.4. The smallest absolute Gasteiger partial charge is 0.125 e. The number of nitrogen functional groups attached to an aromatic ring is 1. The molecule has 1 heterocycles. The Kier molecular flexibility index (Phi) is 3.28. The van der Waals surface area contributed by atoms with Crippen LogP contribution in [-0.4, -0.2) is 9.78 Å². The van der Waals surface area contributed by atoms with Gasteiger partial charge in [0, 0.05) is 10.0 Å². The number of nitrogens with zero attached hydrogens (tertiary/aromatic N) is 2. The molecule has 20 heavy (non-hydrogen) atoms. The average molecular weight is 332 g/mol. The van der Waals surface area contributed by atoms with Crippen LogP contribution >= 0.6 is 15.9 Å². The molecule has 0 amide bonds. The van der Waals surface area contributed by atoms with Crippen LogP contribution in [0.3, 0.4) is 0 Å². The highest BCUT2D eigenvalue weighted by molar-refractivity contribution is 9.10. The highest BCUT2D eigenvalue weighted by Crippen LogP contribution is 2.26. The summed E-state index contributed by atoms with van der Waals surface area (Å²) in [4.78, 5) is 0. The lowest BCUT2D eigenvalue weighted by atomic mass is 10.1. The minimum Gasteiger partial charge on any atom is -0.396 e. The van der Waals surface area contributed by atoms with Crippen LogP contribution in [-0.2, 0) is 0 Å². The van der Waals surface area contributed by atoms with E-state index in [9.17, 15) is 4.39 Å². The molecule has 5 heteroatoms. The van der Waals surface area contributed by atoms with Crippen molar-refractivity contribution in [2.45, 2.75) is 0 Å². The Morgan fingerprint density at radius 2 is 1.85 bits per heavy atom. The maximum absolute atomic E-state index is 13.2. The molecule has 3 rings (SSSR count). The van der Waals surface area contributed by atoms with Gasteiger partial charge in [-0.2, -0.15) is 5.10 Å². The van der Waals surface area contributed by atoms with Crippen LogP contribution in [0, 0.1) is 5.82 Å². The minimum absolute atomic E-state index is 0.304. The Labute approximate surface area is 124 Å². The van der Waals surface area contributed by atoms with Gasteiger partial charge < -0.3 is 5.73 Å². The van der Waals surface area contributed by atoms with E-state index in [4.69, 9.17) is 5.73 Å². The van der Waals surface area contributed by atoms with Crippen LogP contribution in [0.2, 0.25) is 0 Å². The van der Waals surface area contributed by atoms with Crippen LogP contribution in [0.25, 0.3) is 16.9 Å². The molecule has 0 saturated carbocycles. The third kappa shape index (κ3) is 2.44. The third-order valence-corrected chi connectivity index (χ3v) is 3.46. The van der Waals surface area contributed by atoms with Crippen molar-refractivity contribution in [2.24, 2.45) is 0 Å². The second-order valence-electron chi connectivity index (χ2n) is 4.36. The quantitative estimate of drug-likeness (QED) is 0.770. The lowest BCUT2D eigenvalue weighted by molar-refractivity contribution is 0.625. The van der Waals surface area contributed by atoms with Gasteiger partial charge in [0.25, 0.3) is 0 Å². The first-order valence-electron chi connectivity index (χ1n) is 6.00. The van der Waals surface area contributed by atoms with Gasteiger partial charge in [0.05, 0.1) is 17.6 Å². The van der Waals surface area contributed by atoms with Gasteiger partial charge in [-0.1, -0.05) is 34.1 Å². The lowest BCUT2D eigenvalue weighted by Crippen LogP contribution is -1.95. The van der Waals surface area contributed by atoms with E-state index in [1.54, 1.807) is 23.0 Å². The Morgan fingerprint density at radius 3 is 2.55 bits per heavy atom. The number of hydrogen-bond donors (Lipinski definition) is 1. The van der Waals surface area contributed by atoms with E-state index in [0.29, 0.717) is 17.1 Å². The number of halogens is 2. The number of hydrogen-bond acceptors (Lipinski definition) is 2. The van der Waals surface area contributed by atoms with Crippen LogP contribution in [0.4, 0.5) is 10.1 Å². The van der Waals surface area contributed by atoms with Gasteiger partial charge in [-0.25, -0.2) is 9.07 Å². The molecule has 3 aromatic rings. The summed E-state index contributed by atoms with van der Waals surface area (Å²) in [6.07, 6.45) is 1.69. The predicted molar refractivity (Wildman–Crippen MR) is 81.1 cm³/mol. The monoisotopic (exact) mass is 331 g/mol. The molecule has 1 aromatic heterocycles. The molecule has 0 bridgehead atoms. The van der Waals surface area contributed by atoms with Gasteiger partial charge >= 0.3 is 0 Å². The molecule has 0 radical (unpaired) electrons. The van der Waals surface area contributed by atoms with Crippen molar-refractivity contribution in [1.82, 2.24) is 9.78 Å². The fourth-order valence-electron chi connectivity index (χ4n) is 1.97. The van der Waals surface area contributed by atoms with Gasteiger partial charge in [0.2, 0.25) is 0 Å². The van der Waals surface area contributed by atoms with Crippen LogP contribution < -0.4 is 5.73 Å². The van der Waals surface area contributed by atoms with E-state index in [1.165, 1.54) is 12.1 Å². The molecule has 3 nitrogen and oxygen atoms in total. The molecule has 2 N–H and O–H groups in total. The highest BCUT2D eigenvalue weighted by Gasteiger charge is 2.10. The molecular weight excluding hydrogens is 321 g/mol. The summed E-state index contributed by atoms with van der Waals surface area (Å²) in [5.41, 5.74) is 8.79. The predicted octanol–water partition coefficient (Wildman–Crippen LogP) is 4.02. The number of nitrogens with two attached hydrogens (primary N) is 1. The normalized spacial score (nSPS) is 10.7. The molecule has 0 fully saturated rings. The largest absolute Gasteiger partial charge is 0.396 e. The van der Waals surface area contributed by atoms with Gasteiger partial charge in [-0.05, 0) is 30.3 Å². The van der Waals surface area contributed by atoms with E-state index < -0.39 is 0 Å². The first-order chi connectivity index (χ1) is 9.63. The highest BCUT2D eigenvalue weighted by atomic mass is 79.9. The third-order valence-electron chi connectivity index (χ3n) is 2.93. The molecule has 0 atom stereocenters. The van der Waals surface area contributed by atoms with Crippen molar-refractivity contribution < 1.29 is 4.39 Å². The average Bonchev–Trinajstić information content (AvgIpc) is 2.82. The number of aromatic nitrogens is 2. The second-order valence-corrected chi connectivity index (χ2v) is 5.28. The maximum Gasteiger partial charge on any atom is 0.125 e. The Hall–Kier alpha value is -2.14. The van der Waals surface area contributed by atoms with Gasteiger partial charge in [-0.15, -0.1) is 0 Å². The molecule has 0 saturated heterocycles. The first-order valence-corrected chi connectivity index (χ1v) is 6.80. The summed E-state index contributed by atoms with van der Waals surface area (Å²) in [5.74, 6) is -0.304. The van der Waals surface area contributed by atoms with Crippen molar-refractivity contribution in [1.29, 1.82) is 0 Å². The number of benzene rings is 2. The van der Waals surface area contributed by atoms with Crippen molar-refractivity contribution in [3.8, 4) is 16.9 Å². The zero-order chi connectivity index (χ0) is 14.1. The standard InChI is InChI=1S/C15H11BrFN3/c16-11-6-4-10(5-7-11)15-14(18)9-20(19-15)13-3-1-2-12(17)8-13/h1-9H,18H2. The molecule has 0 aliphatic heterocycles. The van der Waals surface area contributed by atoms with Crippen molar-refractivity contribution in [2.75, 3.05) is 5.73 Å². The first kappa shape index (κ1) is 12.9. The maximum atomic E-state index is 13.2. The van der Waals surface area contributed by atoms with Crippen LogP contribution in [0.5, 0.6) is 0 Å². The summed E-state index contributed by atoms with van der Waals surface area (Å²) in [7, 11) is 0. The van der Waals surface area contributed by atoms with E-state index in [-0.39, 0.29) is 5.82 Å². The minimum atomic E-state index is -0.304. The van der Waals surface area contributed by atoms with E-state index in [0.717, 1.165) is 10.0 Å². The second kappa shape index (κ2) is 5.09. The topological polar surface area (TPSA) is 43.8 Å². The fourth-order valence-corrected chi connectivity index (χ4v) is 2.23. The molecule has 0 unspecified atom stereocenters. The fraction of sp³-hybridized carbons (Fsp3) is 0. The molecule has 100 valence electrons. The van der Waals surface area contributed by atoms with Crippen LogP contribution in [0.1, 0.15) is 0 Å². The summed E-state index contributed by atoms with van der Waals surface area (Å²) in [6, 6.07) is 13.9. The SMILES string of the molecule is Nc1cn(-c2cccc(F)c2)nc1-c1ccc(Br)cc1.